The number of carbonyl (C=O) groups excluding carboxylic acids is 3. The van der Waals surface area contributed by atoms with Crippen molar-refractivity contribution < 1.29 is 24.2 Å². The number of hydrogen-bond acceptors (Lipinski definition) is 5. The molecule has 0 fully saturated rings. The van der Waals surface area contributed by atoms with Crippen molar-refractivity contribution >= 4 is 17.9 Å². The number of alkyl carbamates (subject to hydrolysis) is 1. The van der Waals surface area contributed by atoms with Crippen LogP contribution in [0.15, 0.2) is 36.9 Å². The maximum absolute atomic E-state index is 13.9. The lowest BCUT2D eigenvalue weighted by Crippen LogP contribution is -2.55. The number of aromatic hydroxyl groups is 1. The Hall–Kier alpha value is -3.03. The van der Waals surface area contributed by atoms with Gasteiger partial charge in [0.2, 0.25) is 11.8 Å². The van der Waals surface area contributed by atoms with E-state index >= 15 is 0 Å². The molecule has 0 aromatic heterocycles. The Labute approximate surface area is 210 Å². The molecular weight excluding hydrogens is 446 g/mol. The molecule has 3 amide bonds. The van der Waals surface area contributed by atoms with Gasteiger partial charge >= 0.3 is 6.09 Å². The molecule has 0 radical (unpaired) electrons. The Morgan fingerprint density at radius 1 is 1.14 bits per heavy atom. The third-order valence-electron chi connectivity index (χ3n) is 5.61. The monoisotopic (exact) mass is 489 g/mol. The van der Waals surface area contributed by atoms with E-state index in [0.717, 1.165) is 19.3 Å². The topological polar surface area (TPSA) is 108 Å². The number of carbonyl (C=O) groups is 3. The molecule has 1 aromatic rings. The first-order chi connectivity index (χ1) is 16.4. The number of nitrogens with zero attached hydrogens (tertiary/aromatic N) is 1. The minimum absolute atomic E-state index is 0.0570. The van der Waals surface area contributed by atoms with Crippen LogP contribution in [0.5, 0.6) is 5.75 Å². The molecule has 0 aliphatic heterocycles. The number of amides is 3. The molecule has 0 spiro atoms. The summed E-state index contributed by atoms with van der Waals surface area (Å²) in [5.41, 5.74) is -0.174. The molecule has 0 saturated heterocycles. The van der Waals surface area contributed by atoms with Crippen LogP contribution in [-0.4, -0.2) is 52.6 Å². The Morgan fingerprint density at radius 3 is 2.29 bits per heavy atom. The first-order valence-corrected chi connectivity index (χ1v) is 12.4. The molecule has 0 bridgehead atoms. The summed E-state index contributed by atoms with van der Waals surface area (Å²) in [5, 5.41) is 15.4. The van der Waals surface area contributed by atoms with E-state index < -0.39 is 29.7 Å². The van der Waals surface area contributed by atoms with Crippen molar-refractivity contribution in [1.82, 2.24) is 15.5 Å². The van der Waals surface area contributed by atoms with Crippen LogP contribution in [0.2, 0.25) is 0 Å². The fourth-order valence-electron chi connectivity index (χ4n) is 3.57. The van der Waals surface area contributed by atoms with Gasteiger partial charge in [-0.2, -0.15) is 0 Å². The molecule has 3 atom stereocenters. The number of rotatable bonds is 13. The van der Waals surface area contributed by atoms with Crippen LogP contribution in [-0.2, 0) is 14.3 Å². The second kappa shape index (κ2) is 14.4. The zero-order valence-electron chi connectivity index (χ0n) is 22.1. The van der Waals surface area contributed by atoms with Gasteiger partial charge in [-0.05, 0) is 50.8 Å². The largest absolute Gasteiger partial charge is 0.508 e. The Morgan fingerprint density at radius 2 is 1.77 bits per heavy atom. The molecule has 0 heterocycles. The first kappa shape index (κ1) is 30.0. The number of benzene rings is 1. The predicted octanol–water partition coefficient (Wildman–Crippen LogP) is 4.69. The summed E-state index contributed by atoms with van der Waals surface area (Å²) in [6.07, 6.45) is 4.31. The number of nitrogens with one attached hydrogen (secondary N) is 2. The molecular formula is C27H43N3O5. The van der Waals surface area contributed by atoms with Gasteiger partial charge in [-0.15, -0.1) is 6.58 Å². The van der Waals surface area contributed by atoms with Gasteiger partial charge in [-0.1, -0.05) is 58.2 Å². The highest BCUT2D eigenvalue weighted by atomic mass is 16.6. The third kappa shape index (κ3) is 10.0. The molecule has 0 saturated carbocycles. The SMILES string of the molecule is C=CCN(C(=O)C(NC(=O)OC(C)(C)C)C(C)CC)C(C(=O)NCCCCC)c1ccc(O)cc1. The van der Waals surface area contributed by atoms with Gasteiger partial charge in [0.25, 0.3) is 0 Å². The van der Waals surface area contributed by atoms with Crippen LogP contribution in [0, 0.1) is 5.92 Å². The number of phenolic OH excluding ortho intramolecular Hbond substituents is 1. The Balaban J connectivity index is 3.36. The fraction of sp³-hybridized carbons (Fsp3) is 0.593. The molecule has 196 valence electrons. The number of phenols is 1. The van der Waals surface area contributed by atoms with E-state index in [2.05, 4.69) is 24.1 Å². The molecule has 8 heteroatoms. The van der Waals surface area contributed by atoms with Gasteiger partial charge in [-0.3, -0.25) is 9.59 Å². The van der Waals surface area contributed by atoms with E-state index in [4.69, 9.17) is 4.74 Å². The zero-order valence-corrected chi connectivity index (χ0v) is 22.1. The molecule has 35 heavy (non-hydrogen) atoms. The molecule has 8 nitrogen and oxygen atoms in total. The average molecular weight is 490 g/mol. The first-order valence-electron chi connectivity index (χ1n) is 12.4. The lowest BCUT2D eigenvalue weighted by Gasteiger charge is -2.35. The molecule has 3 N–H and O–H groups in total. The van der Waals surface area contributed by atoms with Gasteiger partial charge in [-0.25, -0.2) is 4.79 Å². The Bertz CT molecular complexity index is 832. The van der Waals surface area contributed by atoms with Gasteiger partial charge in [0, 0.05) is 13.1 Å². The van der Waals surface area contributed by atoms with Crippen molar-refractivity contribution in [3.8, 4) is 5.75 Å². The van der Waals surface area contributed by atoms with Gasteiger partial charge < -0.3 is 25.4 Å². The standard InChI is InChI=1S/C27H43N3O5/c1-8-11-12-17-28-24(32)23(20-13-15-21(31)16-14-20)30(18-9-2)25(33)22(19(4)10-3)29-26(34)35-27(5,6)7/h9,13-16,19,22-23,31H,2,8,10-12,17-18H2,1,3-7H3,(H,28,32)(H,29,34). The van der Waals surface area contributed by atoms with E-state index in [1.54, 1.807) is 39.0 Å². The number of ether oxygens (including phenoxy) is 1. The second-order valence-corrected chi connectivity index (χ2v) is 9.78. The van der Waals surface area contributed by atoms with Crippen LogP contribution in [0.4, 0.5) is 4.79 Å². The Kier molecular flexibility index (Phi) is 12.3. The van der Waals surface area contributed by atoms with Crippen molar-refractivity contribution in [3.63, 3.8) is 0 Å². The highest BCUT2D eigenvalue weighted by Gasteiger charge is 2.37. The van der Waals surface area contributed by atoms with Crippen molar-refractivity contribution in [2.45, 2.75) is 84.9 Å². The highest BCUT2D eigenvalue weighted by molar-refractivity contribution is 5.92. The molecule has 1 rings (SSSR count). The summed E-state index contributed by atoms with van der Waals surface area (Å²) in [6.45, 7) is 15.5. The molecule has 0 aliphatic carbocycles. The maximum Gasteiger partial charge on any atom is 0.408 e. The molecule has 3 unspecified atom stereocenters. The van der Waals surface area contributed by atoms with Crippen LogP contribution in [0.25, 0.3) is 0 Å². The minimum atomic E-state index is -0.963. The van der Waals surface area contributed by atoms with Crippen LogP contribution >= 0.6 is 0 Å². The normalized spacial score (nSPS) is 13.8. The van der Waals surface area contributed by atoms with E-state index in [1.807, 2.05) is 13.8 Å². The maximum atomic E-state index is 13.9. The zero-order chi connectivity index (χ0) is 26.6. The quantitative estimate of drug-likeness (QED) is 0.275. The second-order valence-electron chi connectivity index (χ2n) is 9.78. The lowest BCUT2D eigenvalue weighted by atomic mass is 9.95. The summed E-state index contributed by atoms with van der Waals surface area (Å²) in [4.78, 5) is 41.2. The van der Waals surface area contributed by atoms with E-state index in [9.17, 15) is 19.5 Å². The summed E-state index contributed by atoms with van der Waals surface area (Å²) in [6, 6.07) is 4.34. The summed E-state index contributed by atoms with van der Waals surface area (Å²) in [7, 11) is 0. The van der Waals surface area contributed by atoms with Gasteiger partial charge in [0.1, 0.15) is 23.4 Å². The van der Waals surface area contributed by atoms with Crippen molar-refractivity contribution in [2.24, 2.45) is 5.92 Å². The number of hydrogen-bond donors (Lipinski definition) is 3. The van der Waals surface area contributed by atoms with Crippen molar-refractivity contribution in [2.75, 3.05) is 13.1 Å². The minimum Gasteiger partial charge on any atom is -0.508 e. The van der Waals surface area contributed by atoms with Crippen LogP contribution in [0.1, 0.15) is 78.8 Å². The number of unbranched alkanes of at least 4 members (excludes halogenated alkanes) is 2. The summed E-state index contributed by atoms with van der Waals surface area (Å²) in [5.74, 6) is -0.897. The van der Waals surface area contributed by atoms with E-state index in [0.29, 0.717) is 18.5 Å². The lowest BCUT2D eigenvalue weighted by molar-refractivity contribution is -0.142. The molecule has 0 aliphatic rings. The summed E-state index contributed by atoms with van der Waals surface area (Å²) >= 11 is 0. The van der Waals surface area contributed by atoms with Gasteiger partial charge in [0.15, 0.2) is 0 Å². The van der Waals surface area contributed by atoms with Crippen LogP contribution < -0.4 is 10.6 Å². The van der Waals surface area contributed by atoms with Gasteiger partial charge in [0.05, 0.1) is 0 Å². The fourth-order valence-corrected chi connectivity index (χ4v) is 3.57. The molecule has 1 aromatic carbocycles. The average Bonchev–Trinajstić information content (AvgIpc) is 2.79. The van der Waals surface area contributed by atoms with E-state index in [-0.39, 0.29) is 24.1 Å². The smallest absolute Gasteiger partial charge is 0.408 e. The highest BCUT2D eigenvalue weighted by Crippen LogP contribution is 2.26. The van der Waals surface area contributed by atoms with Crippen LogP contribution in [0.3, 0.4) is 0 Å². The van der Waals surface area contributed by atoms with Crippen molar-refractivity contribution in [3.05, 3.63) is 42.5 Å². The summed E-state index contributed by atoms with van der Waals surface area (Å²) < 4.78 is 5.39. The predicted molar refractivity (Wildman–Crippen MR) is 138 cm³/mol. The van der Waals surface area contributed by atoms with E-state index in [1.165, 1.54) is 17.0 Å². The third-order valence-corrected chi connectivity index (χ3v) is 5.61. The van der Waals surface area contributed by atoms with Crippen molar-refractivity contribution in [1.29, 1.82) is 0 Å².